The minimum atomic E-state index is -0.0919. The van der Waals surface area contributed by atoms with Crippen molar-refractivity contribution in [2.24, 2.45) is 0 Å². The molecule has 1 heterocycles. The molecule has 0 fully saturated rings. The molecule has 0 saturated carbocycles. The Morgan fingerprint density at radius 3 is 2.50 bits per heavy atom. The molecule has 0 radical (unpaired) electrons. The molecule has 20 heavy (non-hydrogen) atoms. The third-order valence-electron chi connectivity index (χ3n) is 3.32. The Bertz CT molecular complexity index is 597. The van der Waals surface area contributed by atoms with Gasteiger partial charge in [0.2, 0.25) is 0 Å². The maximum atomic E-state index is 11.9. The number of halogens is 1. The molecule has 4 heteroatoms. The first-order valence-electron chi connectivity index (χ1n) is 6.33. The number of carbonyl (C=O) groups excluding carboxylic acids is 1. The number of hydrogen-bond donors (Lipinski definition) is 1. The predicted molar refractivity (Wildman–Crippen MR) is 83.3 cm³/mol. The number of carbonyl (C=O) groups is 1. The summed E-state index contributed by atoms with van der Waals surface area (Å²) in [5, 5.41) is 2.92. The highest BCUT2D eigenvalue weighted by Gasteiger charge is 2.06. The molecule has 1 aromatic heterocycles. The number of nitrogens with one attached hydrogen (secondary N) is 1. The number of benzene rings is 1. The van der Waals surface area contributed by atoms with Crippen LogP contribution in [0.25, 0.3) is 0 Å². The number of aromatic nitrogens is 1. The van der Waals surface area contributed by atoms with E-state index in [0.29, 0.717) is 12.1 Å². The minimum absolute atomic E-state index is 0. The molecule has 1 amide bonds. The fraction of sp³-hybridized carbons (Fsp3) is 0.250. The van der Waals surface area contributed by atoms with Gasteiger partial charge in [0, 0.05) is 18.9 Å². The lowest BCUT2D eigenvalue weighted by molar-refractivity contribution is 0.0950. The molecule has 3 nitrogen and oxygen atoms in total. The summed E-state index contributed by atoms with van der Waals surface area (Å²) in [4.78, 5) is 15.9. The Labute approximate surface area is 125 Å². The average molecular weight is 291 g/mol. The average Bonchev–Trinajstić information content (AvgIpc) is 2.42. The van der Waals surface area contributed by atoms with Crippen LogP contribution in [0.2, 0.25) is 0 Å². The Hall–Kier alpha value is -1.87. The molecule has 0 spiro atoms. The molecular formula is C16H19ClN2O. The highest BCUT2D eigenvalue weighted by atomic mass is 35.5. The van der Waals surface area contributed by atoms with Gasteiger partial charge in [0.15, 0.2) is 0 Å². The van der Waals surface area contributed by atoms with Crippen LogP contribution >= 0.6 is 12.4 Å². The van der Waals surface area contributed by atoms with E-state index < -0.39 is 0 Å². The molecule has 0 aliphatic heterocycles. The van der Waals surface area contributed by atoms with Gasteiger partial charge in [-0.05, 0) is 55.2 Å². The predicted octanol–water partition coefficient (Wildman–Crippen LogP) is 3.36. The van der Waals surface area contributed by atoms with E-state index in [2.05, 4.69) is 43.2 Å². The van der Waals surface area contributed by atoms with Crippen molar-refractivity contribution in [2.45, 2.75) is 27.3 Å². The number of aryl methyl sites for hydroxylation is 3. The topological polar surface area (TPSA) is 42.0 Å². The number of pyridine rings is 1. The Balaban J connectivity index is 0.00000200. The van der Waals surface area contributed by atoms with Gasteiger partial charge in [0.25, 0.3) is 5.91 Å². The summed E-state index contributed by atoms with van der Waals surface area (Å²) in [7, 11) is 0. The van der Waals surface area contributed by atoms with Crippen molar-refractivity contribution in [3.05, 3.63) is 64.5 Å². The van der Waals surface area contributed by atoms with E-state index in [1.807, 2.05) is 0 Å². The summed E-state index contributed by atoms with van der Waals surface area (Å²) in [5.41, 5.74) is 5.47. The Morgan fingerprint density at radius 1 is 1.15 bits per heavy atom. The van der Waals surface area contributed by atoms with Crippen LogP contribution in [-0.2, 0) is 6.54 Å². The lowest BCUT2D eigenvalue weighted by Crippen LogP contribution is -2.23. The molecular weight excluding hydrogens is 272 g/mol. The van der Waals surface area contributed by atoms with Crippen LogP contribution in [0, 0.1) is 20.8 Å². The van der Waals surface area contributed by atoms with Crippen LogP contribution in [-0.4, -0.2) is 10.9 Å². The second kappa shape index (κ2) is 7.06. The van der Waals surface area contributed by atoms with Gasteiger partial charge in [-0.15, -0.1) is 12.4 Å². The summed E-state index contributed by atoms with van der Waals surface area (Å²) in [6.07, 6.45) is 3.23. The molecule has 1 N–H and O–H groups in total. The summed E-state index contributed by atoms with van der Waals surface area (Å²) >= 11 is 0. The van der Waals surface area contributed by atoms with E-state index in [0.717, 1.165) is 5.56 Å². The molecule has 0 bridgehead atoms. The van der Waals surface area contributed by atoms with Gasteiger partial charge < -0.3 is 5.32 Å². The second-order valence-corrected chi connectivity index (χ2v) is 4.79. The molecule has 1 aromatic carbocycles. The number of hydrogen-bond acceptors (Lipinski definition) is 2. The van der Waals surface area contributed by atoms with E-state index >= 15 is 0 Å². The first-order chi connectivity index (χ1) is 9.08. The lowest BCUT2D eigenvalue weighted by atomic mass is 10.0. The normalized spacial score (nSPS) is 9.75. The number of amides is 1. The maximum absolute atomic E-state index is 11.9. The first kappa shape index (κ1) is 16.2. The summed E-state index contributed by atoms with van der Waals surface area (Å²) in [5.74, 6) is -0.0919. The fourth-order valence-electron chi connectivity index (χ4n) is 1.99. The summed E-state index contributed by atoms with van der Waals surface area (Å²) in [6.45, 7) is 6.79. The minimum Gasteiger partial charge on any atom is -0.348 e. The zero-order chi connectivity index (χ0) is 13.8. The van der Waals surface area contributed by atoms with Crippen molar-refractivity contribution in [1.29, 1.82) is 0 Å². The lowest BCUT2D eigenvalue weighted by Gasteiger charge is -2.11. The third-order valence-corrected chi connectivity index (χ3v) is 3.32. The monoisotopic (exact) mass is 290 g/mol. The van der Waals surface area contributed by atoms with Gasteiger partial charge in [0.05, 0.1) is 5.56 Å². The van der Waals surface area contributed by atoms with Gasteiger partial charge >= 0.3 is 0 Å². The largest absolute Gasteiger partial charge is 0.348 e. The van der Waals surface area contributed by atoms with E-state index in [-0.39, 0.29) is 18.3 Å². The van der Waals surface area contributed by atoms with E-state index in [1.165, 1.54) is 16.7 Å². The standard InChI is InChI=1S/C16H18N2O.ClH/c1-11-7-13(3)15(8-12(11)2)10-18-16(19)14-5-4-6-17-9-14;/h4-9H,10H2,1-3H3,(H,18,19);1H. The maximum Gasteiger partial charge on any atom is 0.253 e. The van der Waals surface area contributed by atoms with Crippen LogP contribution in [0.15, 0.2) is 36.7 Å². The van der Waals surface area contributed by atoms with Crippen LogP contribution in [0.3, 0.4) is 0 Å². The van der Waals surface area contributed by atoms with Crippen molar-refractivity contribution in [1.82, 2.24) is 10.3 Å². The van der Waals surface area contributed by atoms with E-state index in [1.54, 1.807) is 24.5 Å². The smallest absolute Gasteiger partial charge is 0.253 e. The van der Waals surface area contributed by atoms with Crippen LogP contribution in [0.4, 0.5) is 0 Å². The van der Waals surface area contributed by atoms with Gasteiger partial charge in [-0.2, -0.15) is 0 Å². The van der Waals surface area contributed by atoms with Gasteiger partial charge in [-0.25, -0.2) is 0 Å². The molecule has 0 aliphatic rings. The molecule has 2 rings (SSSR count). The zero-order valence-electron chi connectivity index (χ0n) is 11.9. The second-order valence-electron chi connectivity index (χ2n) is 4.79. The van der Waals surface area contributed by atoms with Crippen molar-refractivity contribution in [2.75, 3.05) is 0 Å². The van der Waals surface area contributed by atoms with Crippen molar-refractivity contribution in [3.63, 3.8) is 0 Å². The number of rotatable bonds is 3. The molecule has 0 aliphatic carbocycles. The summed E-state index contributed by atoms with van der Waals surface area (Å²) in [6, 6.07) is 7.81. The molecule has 106 valence electrons. The zero-order valence-corrected chi connectivity index (χ0v) is 12.8. The Kier molecular flexibility index (Phi) is 5.71. The molecule has 0 atom stereocenters. The van der Waals surface area contributed by atoms with Crippen LogP contribution < -0.4 is 5.32 Å². The third kappa shape index (κ3) is 3.81. The fourth-order valence-corrected chi connectivity index (χ4v) is 1.99. The van der Waals surface area contributed by atoms with Crippen molar-refractivity contribution in [3.8, 4) is 0 Å². The van der Waals surface area contributed by atoms with Gasteiger partial charge in [0.1, 0.15) is 0 Å². The van der Waals surface area contributed by atoms with Gasteiger partial charge in [-0.3, -0.25) is 9.78 Å². The number of nitrogens with zero attached hydrogens (tertiary/aromatic N) is 1. The van der Waals surface area contributed by atoms with Crippen LogP contribution in [0.1, 0.15) is 32.6 Å². The highest BCUT2D eigenvalue weighted by Crippen LogP contribution is 2.15. The van der Waals surface area contributed by atoms with Crippen LogP contribution in [0.5, 0.6) is 0 Å². The van der Waals surface area contributed by atoms with E-state index in [4.69, 9.17) is 0 Å². The first-order valence-corrected chi connectivity index (χ1v) is 6.33. The summed E-state index contributed by atoms with van der Waals surface area (Å²) < 4.78 is 0. The highest BCUT2D eigenvalue weighted by molar-refractivity contribution is 5.93. The SMILES string of the molecule is Cc1cc(C)c(CNC(=O)c2cccnc2)cc1C.Cl. The van der Waals surface area contributed by atoms with E-state index in [9.17, 15) is 4.79 Å². The quantitative estimate of drug-likeness (QED) is 0.942. The Morgan fingerprint density at radius 2 is 1.85 bits per heavy atom. The van der Waals surface area contributed by atoms with Gasteiger partial charge in [-0.1, -0.05) is 12.1 Å². The van der Waals surface area contributed by atoms with Crippen molar-refractivity contribution < 1.29 is 4.79 Å². The molecule has 2 aromatic rings. The molecule has 0 unspecified atom stereocenters. The van der Waals surface area contributed by atoms with Crippen molar-refractivity contribution >= 4 is 18.3 Å². The molecule has 0 saturated heterocycles.